The molecule has 0 saturated carbocycles. The summed E-state index contributed by atoms with van der Waals surface area (Å²) in [7, 11) is 1.65. The first-order valence-electron chi connectivity index (χ1n) is 13.2. The lowest BCUT2D eigenvalue weighted by Crippen LogP contribution is -2.41. The number of anilines is 3. The molecule has 206 valence electrons. The second-order valence-corrected chi connectivity index (χ2v) is 11.5. The SMILES string of the molecule is Cn1cc(-c2ccnc(N3CCn4c(cc5c4CCCC5)C3=O)c2CO)cc(Nc2ccc([S+](C)[O-])cn2)c1=O. The van der Waals surface area contributed by atoms with E-state index in [2.05, 4.69) is 19.9 Å². The van der Waals surface area contributed by atoms with Crippen LogP contribution in [0.15, 0.2) is 58.6 Å². The highest BCUT2D eigenvalue weighted by Gasteiger charge is 2.32. The van der Waals surface area contributed by atoms with Crippen LogP contribution in [0.1, 0.15) is 40.2 Å². The van der Waals surface area contributed by atoms with Crippen LogP contribution in [0.2, 0.25) is 0 Å². The third-order valence-corrected chi connectivity index (χ3v) is 8.60. The number of nitrogens with zero attached hydrogens (tertiary/aromatic N) is 5. The standard InChI is InChI=1S/C29H30N6O4S/c1-33-16-19(13-23(28(33)37)32-26-8-7-20(15-31-26)40(2)39)21-9-10-30-27(22(21)17-36)35-12-11-34-24-6-4-3-5-18(24)14-25(34)29(35)38/h7-10,13-16,36H,3-6,11-12,17H2,1-2H3,(H,31,32). The van der Waals surface area contributed by atoms with Gasteiger partial charge in [-0.1, -0.05) is 0 Å². The van der Waals surface area contributed by atoms with Crippen LogP contribution in [0, 0.1) is 0 Å². The molecule has 40 heavy (non-hydrogen) atoms. The third kappa shape index (κ3) is 4.59. The maximum Gasteiger partial charge on any atom is 0.276 e. The number of carbonyl (C=O) groups is 1. The van der Waals surface area contributed by atoms with Gasteiger partial charge in [-0.3, -0.25) is 14.5 Å². The summed E-state index contributed by atoms with van der Waals surface area (Å²) in [6.07, 6.45) is 10.7. The summed E-state index contributed by atoms with van der Waals surface area (Å²) in [5, 5.41) is 13.6. The van der Waals surface area contributed by atoms with Crippen LogP contribution in [0.3, 0.4) is 0 Å². The van der Waals surface area contributed by atoms with Gasteiger partial charge < -0.3 is 24.1 Å². The van der Waals surface area contributed by atoms with Crippen molar-refractivity contribution in [3.8, 4) is 11.1 Å². The number of aliphatic hydroxyl groups excluding tert-OH is 1. The van der Waals surface area contributed by atoms with Crippen molar-refractivity contribution in [2.24, 2.45) is 7.05 Å². The highest BCUT2D eigenvalue weighted by molar-refractivity contribution is 7.90. The van der Waals surface area contributed by atoms with Crippen molar-refractivity contribution in [2.75, 3.05) is 23.0 Å². The number of rotatable bonds is 6. The van der Waals surface area contributed by atoms with E-state index in [0.717, 1.165) is 25.7 Å². The Morgan fingerprint density at radius 2 is 1.93 bits per heavy atom. The molecule has 10 nitrogen and oxygen atoms in total. The van der Waals surface area contributed by atoms with Gasteiger partial charge in [0.05, 0.1) is 12.8 Å². The highest BCUT2D eigenvalue weighted by atomic mass is 32.2. The number of carbonyl (C=O) groups excluding carboxylic acids is 1. The first kappa shape index (κ1) is 26.3. The zero-order valence-corrected chi connectivity index (χ0v) is 23.2. The van der Waals surface area contributed by atoms with E-state index in [1.807, 2.05) is 6.07 Å². The Morgan fingerprint density at radius 3 is 2.67 bits per heavy atom. The van der Waals surface area contributed by atoms with E-state index < -0.39 is 11.2 Å². The third-order valence-electron chi connectivity index (χ3n) is 7.69. The molecule has 0 saturated heterocycles. The molecule has 0 aromatic carbocycles. The molecule has 4 aromatic heterocycles. The second-order valence-electron chi connectivity index (χ2n) is 10.2. The maximum atomic E-state index is 13.7. The van der Waals surface area contributed by atoms with Crippen LogP contribution in [0.25, 0.3) is 11.1 Å². The van der Waals surface area contributed by atoms with Crippen molar-refractivity contribution in [3.05, 3.63) is 81.8 Å². The second kappa shape index (κ2) is 10.6. The van der Waals surface area contributed by atoms with Crippen LogP contribution in [-0.4, -0.2) is 47.5 Å². The number of nitrogens with one attached hydrogen (secondary N) is 1. The Labute approximate surface area is 234 Å². The Bertz CT molecular complexity index is 1660. The minimum atomic E-state index is -1.16. The summed E-state index contributed by atoms with van der Waals surface area (Å²) in [4.78, 5) is 37.7. The lowest BCUT2D eigenvalue weighted by Gasteiger charge is -2.30. The summed E-state index contributed by atoms with van der Waals surface area (Å²) in [5.41, 5.74) is 5.10. The van der Waals surface area contributed by atoms with Gasteiger partial charge in [0.15, 0.2) is 4.90 Å². The zero-order valence-electron chi connectivity index (χ0n) is 22.4. The topological polar surface area (TPSA) is 128 Å². The van der Waals surface area contributed by atoms with Gasteiger partial charge in [0, 0.05) is 49.4 Å². The number of hydrogen-bond donors (Lipinski definition) is 2. The van der Waals surface area contributed by atoms with Crippen LogP contribution < -0.4 is 15.8 Å². The fourth-order valence-electron chi connectivity index (χ4n) is 5.69. The van der Waals surface area contributed by atoms with Gasteiger partial charge in [-0.15, -0.1) is 0 Å². The molecule has 2 aliphatic rings. The van der Waals surface area contributed by atoms with Crippen molar-refractivity contribution in [1.82, 2.24) is 19.1 Å². The van der Waals surface area contributed by atoms with Gasteiger partial charge in [0.2, 0.25) is 0 Å². The molecule has 1 atom stereocenters. The largest absolute Gasteiger partial charge is 0.612 e. The molecular weight excluding hydrogens is 528 g/mol. The van der Waals surface area contributed by atoms with Gasteiger partial charge in [0.1, 0.15) is 29.3 Å². The monoisotopic (exact) mass is 558 g/mol. The Kier molecular flexibility index (Phi) is 6.95. The van der Waals surface area contributed by atoms with E-state index in [4.69, 9.17) is 0 Å². The predicted octanol–water partition coefficient (Wildman–Crippen LogP) is 3.16. The molecule has 1 amide bonds. The summed E-state index contributed by atoms with van der Waals surface area (Å²) < 4.78 is 15.3. The van der Waals surface area contributed by atoms with Crippen molar-refractivity contribution in [3.63, 3.8) is 0 Å². The first-order chi connectivity index (χ1) is 19.4. The summed E-state index contributed by atoms with van der Waals surface area (Å²) in [5.74, 6) is 0.736. The number of fused-ring (bicyclic) bond motifs is 3. The lowest BCUT2D eigenvalue weighted by molar-refractivity contribution is 0.0963. The smallest absolute Gasteiger partial charge is 0.276 e. The zero-order chi connectivity index (χ0) is 28.0. The van der Waals surface area contributed by atoms with Crippen molar-refractivity contribution in [2.45, 2.75) is 43.7 Å². The van der Waals surface area contributed by atoms with Gasteiger partial charge in [0.25, 0.3) is 11.5 Å². The Balaban J connectivity index is 1.36. The normalized spacial score (nSPS) is 15.5. The molecule has 1 aliphatic heterocycles. The Hall–Kier alpha value is -3.93. The summed E-state index contributed by atoms with van der Waals surface area (Å²) in [6.45, 7) is 0.807. The molecule has 1 unspecified atom stereocenters. The van der Waals surface area contributed by atoms with Crippen LogP contribution in [0.4, 0.5) is 17.3 Å². The number of aliphatic hydroxyl groups is 1. The van der Waals surface area contributed by atoms with Crippen LogP contribution >= 0.6 is 0 Å². The predicted molar refractivity (Wildman–Crippen MR) is 153 cm³/mol. The molecule has 0 radical (unpaired) electrons. The number of amides is 1. The van der Waals surface area contributed by atoms with Gasteiger partial charge in [-0.2, -0.15) is 0 Å². The number of aryl methyl sites for hydroxylation is 2. The fourth-order valence-corrected chi connectivity index (χ4v) is 6.15. The van der Waals surface area contributed by atoms with E-state index in [9.17, 15) is 19.2 Å². The molecule has 5 heterocycles. The van der Waals surface area contributed by atoms with Gasteiger partial charge in [-0.05, 0) is 78.3 Å². The molecular formula is C29H30N6O4S. The van der Waals surface area contributed by atoms with Crippen LogP contribution in [-0.2, 0) is 44.2 Å². The number of aromatic nitrogens is 4. The molecule has 11 heteroatoms. The molecule has 1 aliphatic carbocycles. The molecule has 2 N–H and O–H groups in total. The minimum Gasteiger partial charge on any atom is -0.612 e. The van der Waals surface area contributed by atoms with E-state index in [0.29, 0.717) is 52.0 Å². The van der Waals surface area contributed by atoms with E-state index in [1.165, 1.54) is 22.0 Å². The number of pyridine rings is 3. The van der Waals surface area contributed by atoms with Crippen molar-refractivity contribution in [1.29, 1.82) is 0 Å². The fraction of sp³-hybridized carbons (Fsp3) is 0.310. The minimum absolute atomic E-state index is 0.120. The van der Waals surface area contributed by atoms with Crippen LogP contribution in [0.5, 0.6) is 0 Å². The first-order valence-corrected chi connectivity index (χ1v) is 14.8. The van der Waals surface area contributed by atoms with E-state index >= 15 is 0 Å². The number of hydrogen-bond acceptors (Lipinski definition) is 7. The molecule has 0 bridgehead atoms. The van der Waals surface area contributed by atoms with Gasteiger partial charge >= 0.3 is 0 Å². The molecule has 0 fully saturated rings. The Morgan fingerprint density at radius 1 is 1.10 bits per heavy atom. The van der Waals surface area contributed by atoms with Crippen molar-refractivity contribution < 1.29 is 14.5 Å². The van der Waals surface area contributed by atoms with E-state index in [1.54, 1.807) is 54.9 Å². The lowest BCUT2D eigenvalue weighted by atomic mass is 9.98. The van der Waals surface area contributed by atoms with E-state index in [-0.39, 0.29) is 23.8 Å². The van der Waals surface area contributed by atoms with Crippen molar-refractivity contribution >= 4 is 34.4 Å². The average molecular weight is 559 g/mol. The quantitative estimate of drug-likeness (QED) is 0.348. The molecule has 0 spiro atoms. The molecule has 4 aromatic rings. The molecule has 6 rings (SSSR count). The summed E-state index contributed by atoms with van der Waals surface area (Å²) >= 11 is -1.16. The van der Waals surface area contributed by atoms with Gasteiger partial charge in [-0.25, -0.2) is 9.97 Å². The average Bonchev–Trinajstić information content (AvgIpc) is 3.35. The maximum absolute atomic E-state index is 13.7. The summed E-state index contributed by atoms with van der Waals surface area (Å²) in [6, 6.07) is 8.86. The highest BCUT2D eigenvalue weighted by Crippen LogP contribution is 2.34.